The lowest BCUT2D eigenvalue weighted by Gasteiger charge is -2.11. The van der Waals surface area contributed by atoms with Crippen molar-refractivity contribution in [1.29, 1.82) is 0 Å². The Morgan fingerprint density at radius 3 is 3.18 bits per heavy atom. The second-order valence-electron chi connectivity index (χ2n) is 4.32. The van der Waals surface area contributed by atoms with Crippen LogP contribution in [0.1, 0.15) is 12.8 Å². The number of benzene rings is 1. The average Bonchev–Trinajstić information content (AvgIpc) is 2.91. The van der Waals surface area contributed by atoms with Gasteiger partial charge in [0, 0.05) is 11.8 Å². The summed E-state index contributed by atoms with van der Waals surface area (Å²) in [6.07, 6.45) is 2.58. The van der Waals surface area contributed by atoms with Crippen LogP contribution in [0.3, 0.4) is 0 Å². The minimum absolute atomic E-state index is 0.570. The van der Waals surface area contributed by atoms with Gasteiger partial charge in [-0.2, -0.15) is 11.8 Å². The highest BCUT2D eigenvalue weighted by atomic mass is 35.5. The first kappa shape index (κ1) is 11.2. The molecule has 2 heterocycles. The summed E-state index contributed by atoms with van der Waals surface area (Å²) in [5.41, 5.74) is 7.84. The van der Waals surface area contributed by atoms with Crippen molar-refractivity contribution in [3.8, 4) is 0 Å². The van der Waals surface area contributed by atoms with Gasteiger partial charge in [0.1, 0.15) is 5.52 Å². The predicted octanol–water partition coefficient (Wildman–Crippen LogP) is 3.17. The number of imidazole rings is 1. The SMILES string of the molecule is Nc1nc2c(Cl)cccc2n1CC1CCCS1. The molecule has 2 N–H and O–H groups in total. The molecule has 2 aromatic rings. The Kier molecular flexibility index (Phi) is 2.92. The molecule has 1 fully saturated rings. The number of rotatable bonds is 2. The largest absolute Gasteiger partial charge is 0.369 e. The molecule has 1 aliphatic heterocycles. The van der Waals surface area contributed by atoms with E-state index < -0.39 is 0 Å². The molecule has 1 atom stereocenters. The van der Waals surface area contributed by atoms with Crippen molar-refractivity contribution in [3.05, 3.63) is 23.2 Å². The Morgan fingerprint density at radius 1 is 1.53 bits per heavy atom. The fourth-order valence-electron chi connectivity index (χ4n) is 2.31. The molecule has 0 amide bonds. The van der Waals surface area contributed by atoms with Gasteiger partial charge in [-0.05, 0) is 30.7 Å². The molecule has 90 valence electrons. The molecule has 0 bridgehead atoms. The van der Waals surface area contributed by atoms with E-state index in [1.807, 2.05) is 30.0 Å². The van der Waals surface area contributed by atoms with Gasteiger partial charge < -0.3 is 10.3 Å². The molecule has 0 aliphatic carbocycles. The number of anilines is 1. The van der Waals surface area contributed by atoms with Crippen LogP contribution in [0, 0.1) is 0 Å². The molecule has 0 saturated carbocycles. The van der Waals surface area contributed by atoms with Crippen LogP contribution in [0.4, 0.5) is 5.95 Å². The lowest BCUT2D eigenvalue weighted by molar-refractivity contribution is 0.658. The van der Waals surface area contributed by atoms with Crippen LogP contribution in [-0.4, -0.2) is 20.6 Å². The smallest absolute Gasteiger partial charge is 0.201 e. The summed E-state index contributed by atoms with van der Waals surface area (Å²) in [5, 5.41) is 1.33. The summed E-state index contributed by atoms with van der Waals surface area (Å²) in [6.45, 7) is 0.938. The molecule has 3 rings (SSSR count). The lowest BCUT2D eigenvalue weighted by Crippen LogP contribution is -2.12. The maximum Gasteiger partial charge on any atom is 0.201 e. The van der Waals surface area contributed by atoms with Gasteiger partial charge in [0.2, 0.25) is 5.95 Å². The van der Waals surface area contributed by atoms with Gasteiger partial charge in [-0.15, -0.1) is 0 Å². The molecular formula is C12H14ClN3S. The Bertz CT molecular complexity index is 546. The normalized spacial score (nSPS) is 20.2. The maximum atomic E-state index is 6.12. The van der Waals surface area contributed by atoms with E-state index in [-0.39, 0.29) is 0 Å². The first-order valence-corrected chi connectivity index (χ1v) is 7.20. The van der Waals surface area contributed by atoms with E-state index >= 15 is 0 Å². The van der Waals surface area contributed by atoms with Crippen LogP contribution in [0.2, 0.25) is 5.02 Å². The van der Waals surface area contributed by atoms with Gasteiger partial charge in [0.05, 0.1) is 10.5 Å². The highest BCUT2D eigenvalue weighted by Gasteiger charge is 2.19. The number of hydrogen-bond acceptors (Lipinski definition) is 3. The summed E-state index contributed by atoms with van der Waals surface area (Å²) >= 11 is 8.15. The van der Waals surface area contributed by atoms with Gasteiger partial charge >= 0.3 is 0 Å². The number of hydrogen-bond donors (Lipinski definition) is 1. The molecule has 1 unspecified atom stereocenters. The van der Waals surface area contributed by atoms with Crippen LogP contribution in [-0.2, 0) is 6.54 Å². The molecule has 1 aromatic carbocycles. The van der Waals surface area contributed by atoms with E-state index in [1.54, 1.807) is 0 Å². The molecular weight excluding hydrogens is 254 g/mol. The standard InChI is InChI=1S/C12H14ClN3S/c13-9-4-1-5-10-11(9)15-12(14)16(10)7-8-3-2-6-17-8/h1,4-5,8H,2-3,6-7H2,(H2,14,15). The quantitative estimate of drug-likeness (QED) is 0.909. The number of aromatic nitrogens is 2. The van der Waals surface area contributed by atoms with Gasteiger partial charge in [-0.1, -0.05) is 17.7 Å². The zero-order chi connectivity index (χ0) is 11.8. The first-order chi connectivity index (χ1) is 8.25. The zero-order valence-electron chi connectivity index (χ0n) is 9.40. The molecule has 5 heteroatoms. The summed E-state index contributed by atoms with van der Waals surface area (Å²) in [4.78, 5) is 4.35. The van der Waals surface area contributed by atoms with Crippen molar-refractivity contribution >= 4 is 40.3 Å². The second kappa shape index (κ2) is 4.42. The fourth-order valence-corrected chi connectivity index (χ4v) is 3.78. The van der Waals surface area contributed by atoms with E-state index in [0.29, 0.717) is 16.2 Å². The molecule has 0 radical (unpaired) electrons. The van der Waals surface area contributed by atoms with Gasteiger partial charge in [-0.3, -0.25) is 0 Å². The maximum absolute atomic E-state index is 6.12. The van der Waals surface area contributed by atoms with Crippen molar-refractivity contribution in [1.82, 2.24) is 9.55 Å². The Morgan fingerprint density at radius 2 is 2.41 bits per heavy atom. The monoisotopic (exact) mass is 267 g/mol. The topological polar surface area (TPSA) is 43.8 Å². The van der Waals surface area contributed by atoms with Crippen molar-refractivity contribution in [2.45, 2.75) is 24.6 Å². The molecule has 0 spiro atoms. The molecule has 3 nitrogen and oxygen atoms in total. The number of nitrogens with two attached hydrogens (primary N) is 1. The number of thioether (sulfide) groups is 1. The van der Waals surface area contributed by atoms with Crippen LogP contribution >= 0.6 is 23.4 Å². The number of fused-ring (bicyclic) bond motifs is 1. The fraction of sp³-hybridized carbons (Fsp3) is 0.417. The summed E-state index contributed by atoms with van der Waals surface area (Å²) in [6, 6.07) is 5.83. The summed E-state index contributed by atoms with van der Waals surface area (Å²) < 4.78 is 2.09. The predicted molar refractivity (Wildman–Crippen MR) is 74.6 cm³/mol. The Labute approximate surface area is 109 Å². The number of halogens is 1. The van der Waals surface area contributed by atoms with Crippen LogP contribution in [0.15, 0.2) is 18.2 Å². The van der Waals surface area contributed by atoms with E-state index in [9.17, 15) is 0 Å². The lowest BCUT2D eigenvalue weighted by atomic mass is 10.2. The van der Waals surface area contributed by atoms with E-state index in [0.717, 1.165) is 17.6 Å². The van der Waals surface area contributed by atoms with Crippen molar-refractivity contribution in [3.63, 3.8) is 0 Å². The van der Waals surface area contributed by atoms with E-state index in [4.69, 9.17) is 17.3 Å². The zero-order valence-corrected chi connectivity index (χ0v) is 11.0. The van der Waals surface area contributed by atoms with Crippen molar-refractivity contribution in [2.75, 3.05) is 11.5 Å². The number of nitrogen functional groups attached to an aromatic ring is 1. The Balaban J connectivity index is 2.02. The van der Waals surface area contributed by atoms with E-state index in [1.165, 1.54) is 18.6 Å². The van der Waals surface area contributed by atoms with E-state index in [2.05, 4.69) is 9.55 Å². The molecule has 1 saturated heterocycles. The third-order valence-corrected chi connectivity index (χ3v) is 4.85. The molecule has 1 aromatic heterocycles. The van der Waals surface area contributed by atoms with Crippen LogP contribution < -0.4 is 5.73 Å². The Hall–Kier alpha value is -0.870. The van der Waals surface area contributed by atoms with Crippen molar-refractivity contribution in [2.24, 2.45) is 0 Å². The highest BCUT2D eigenvalue weighted by molar-refractivity contribution is 8.00. The van der Waals surface area contributed by atoms with Crippen LogP contribution in [0.5, 0.6) is 0 Å². The van der Waals surface area contributed by atoms with Gasteiger partial charge in [-0.25, -0.2) is 4.98 Å². The van der Waals surface area contributed by atoms with Crippen LogP contribution in [0.25, 0.3) is 11.0 Å². The first-order valence-electron chi connectivity index (χ1n) is 5.77. The van der Waals surface area contributed by atoms with Gasteiger partial charge in [0.15, 0.2) is 0 Å². The minimum atomic E-state index is 0.570. The minimum Gasteiger partial charge on any atom is -0.369 e. The summed E-state index contributed by atoms with van der Waals surface area (Å²) in [7, 11) is 0. The highest BCUT2D eigenvalue weighted by Crippen LogP contribution is 2.31. The molecule has 1 aliphatic rings. The number of para-hydroxylation sites is 1. The number of nitrogens with zero attached hydrogens (tertiary/aromatic N) is 2. The van der Waals surface area contributed by atoms with Crippen molar-refractivity contribution < 1.29 is 0 Å². The third kappa shape index (κ3) is 2.00. The molecule has 17 heavy (non-hydrogen) atoms. The average molecular weight is 268 g/mol. The second-order valence-corrected chi connectivity index (χ2v) is 6.14. The summed E-state index contributed by atoms with van der Waals surface area (Å²) in [5.74, 6) is 1.83. The van der Waals surface area contributed by atoms with Gasteiger partial charge in [0.25, 0.3) is 0 Å². The third-order valence-electron chi connectivity index (χ3n) is 3.17.